The van der Waals surface area contributed by atoms with E-state index in [-0.39, 0.29) is 17.9 Å². The van der Waals surface area contributed by atoms with Crippen molar-refractivity contribution in [2.24, 2.45) is 0 Å². The Bertz CT molecular complexity index is 1070. The Morgan fingerprint density at radius 1 is 1.00 bits per heavy atom. The van der Waals surface area contributed by atoms with Gasteiger partial charge in [0.15, 0.2) is 29.0 Å². The minimum atomic E-state index is -2.33. The van der Waals surface area contributed by atoms with Crippen molar-refractivity contribution in [1.29, 1.82) is 0 Å². The molecular formula is C19H13F5N2O3. The van der Waals surface area contributed by atoms with Gasteiger partial charge in [0.2, 0.25) is 5.82 Å². The summed E-state index contributed by atoms with van der Waals surface area (Å²) in [6.45, 7) is 3.09. The van der Waals surface area contributed by atoms with Crippen molar-refractivity contribution in [2.45, 2.75) is 20.5 Å². The first-order chi connectivity index (χ1) is 13.7. The number of anilines is 1. The van der Waals surface area contributed by atoms with Crippen molar-refractivity contribution >= 4 is 11.6 Å². The number of nitrogens with one attached hydrogen (secondary N) is 1. The zero-order chi connectivity index (χ0) is 21.3. The third-order valence-electron chi connectivity index (χ3n) is 4.11. The summed E-state index contributed by atoms with van der Waals surface area (Å²) in [4.78, 5) is 12.4. The number of hydrogen-bond acceptors (Lipinski definition) is 4. The molecule has 1 N–H and O–H groups in total. The highest BCUT2D eigenvalue weighted by Gasteiger charge is 2.29. The van der Waals surface area contributed by atoms with Crippen LogP contribution >= 0.6 is 0 Å². The smallest absolute Gasteiger partial charge is 0.278 e. The summed E-state index contributed by atoms with van der Waals surface area (Å²) in [6.07, 6.45) is 0. The van der Waals surface area contributed by atoms with E-state index in [1.54, 1.807) is 36.5 Å². The number of para-hydroxylation sites is 1. The van der Waals surface area contributed by atoms with E-state index < -0.39 is 46.4 Å². The summed E-state index contributed by atoms with van der Waals surface area (Å²) in [7, 11) is 0. The number of benzene rings is 2. The predicted octanol–water partition coefficient (Wildman–Crippen LogP) is 4.82. The molecular weight excluding hydrogens is 399 g/mol. The van der Waals surface area contributed by atoms with E-state index in [0.717, 1.165) is 5.56 Å². The molecule has 0 fully saturated rings. The molecule has 10 heteroatoms. The molecule has 3 aromatic rings. The molecule has 5 nitrogen and oxygen atoms in total. The lowest BCUT2D eigenvalue weighted by molar-refractivity contribution is 0.101. The number of ether oxygens (including phenoxy) is 1. The lowest BCUT2D eigenvalue weighted by atomic mass is 10.1. The quantitative estimate of drug-likeness (QED) is 0.371. The second kappa shape index (κ2) is 7.90. The maximum absolute atomic E-state index is 13.8. The number of rotatable bonds is 5. The molecule has 1 aromatic heterocycles. The summed E-state index contributed by atoms with van der Waals surface area (Å²) in [5.41, 5.74) is -0.943. The average molecular weight is 412 g/mol. The second-order valence-electron chi connectivity index (χ2n) is 6.02. The monoisotopic (exact) mass is 412 g/mol. The third kappa shape index (κ3) is 3.78. The molecule has 0 spiro atoms. The molecule has 0 unspecified atom stereocenters. The van der Waals surface area contributed by atoms with Crippen molar-refractivity contribution in [2.75, 3.05) is 5.32 Å². The van der Waals surface area contributed by atoms with Gasteiger partial charge >= 0.3 is 0 Å². The summed E-state index contributed by atoms with van der Waals surface area (Å²) < 4.78 is 77.9. The van der Waals surface area contributed by atoms with Crippen molar-refractivity contribution in [3.63, 3.8) is 0 Å². The molecule has 1 heterocycles. The Balaban J connectivity index is 1.88. The molecule has 29 heavy (non-hydrogen) atoms. The molecule has 0 aliphatic heterocycles. The number of amides is 1. The number of aryl methyl sites for hydroxylation is 2. The fourth-order valence-electron chi connectivity index (χ4n) is 2.50. The largest absolute Gasteiger partial charge is 0.488 e. The van der Waals surface area contributed by atoms with E-state index in [4.69, 9.17) is 9.26 Å². The van der Waals surface area contributed by atoms with E-state index in [9.17, 15) is 26.7 Å². The van der Waals surface area contributed by atoms with Crippen LogP contribution in [0.15, 0.2) is 28.8 Å². The summed E-state index contributed by atoms with van der Waals surface area (Å²) in [5, 5.41) is 5.15. The van der Waals surface area contributed by atoms with Crippen LogP contribution in [0.5, 0.6) is 5.75 Å². The Morgan fingerprint density at radius 2 is 1.59 bits per heavy atom. The number of hydrogen-bond donors (Lipinski definition) is 1. The first-order valence-electron chi connectivity index (χ1n) is 8.18. The van der Waals surface area contributed by atoms with E-state index in [1.807, 2.05) is 0 Å². The van der Waals surface area contributed by atoms with Gasteiger partial charge in [-0.05, 0) is 25.5 Å². The van der Waals surface area contributed by atoms with Gasteiger partial charge < -0.3 is 14.6 Å². The molecule has 152 valence electrons. The molecule has 0 aliphatic carbocycles. The van der Waals surface area contributed by atoms with Crippen LogP contribution in [-0.2, 0) is 6.61 Å². The van der Waals surface area contributed by atoms with Gasteiger partial charge in [0, 0.05) is 0 Å². The van der Waals surface area contributed by atoms with Gasteiger partial charge in [0.05, 0.1) is 5.56 Å². The van der Waals surface area contributed by atoms with Crippen LogP contribution in [0.1, 0.15) is 27.4 Å². The SMILES string of the molecule is Cc1ccccc1OCc1c(C(=O)Nc2c(F)c(F)c(F)c(F)c2F)noc1C. The van der Waals surface area contributed by atoms with Crippen LogP contribution in [0.2, 0.25) is 0 Å². The van der Waals surface area contributed by atoms with Crippen molar-refractivity contribution in [3.05, 3.63) is 75.9 Å². The lowest BCUT2D eigenvalue weighted by Crippen LogP contribution is -2.19. The first kappa shape index (κ1) is 20.3. The normalized spacial score (nSPS) is 10.9. The maximum atomic E-state index is 13.8. The van der Waals surface area contributed by atoms with E-state index in [2.05, 4.69) is 5.16 Å². The van der Waals surface area contributed by atoms with Crippen LogP contribution in [0, 0.1) is 42.9 Å². The number of carbonyl (C=O) groups is 1. The minimum Gasteiger partial charge on any atom is -0.488 e. The van der Waals surface area contributed by atoms with E-state index in [0.29, 0.717) is 5.75 Å². The van der Waals surface area contributed by atoms with Gasteiger partial charge in [-0.3, -0.25) is 4.79 Å². The molecule has 0 bridgehead atoms. The van der Waals surface area contributed by atoms with Gasteiger partial charge in [0.1, 0.15) is 23.8 Å². The van der Waals surface area contributed by atoms with Crippen LogP contribution in [-0.4, -0.2) is 11.1 Å². The molecule has 3 rings (SSSR count). The van der Waals surface area contributed by atoms with Gasteiger partial charge in [0.25, 0.3) is 5.91 Å². The van der Waals surface area contributed by atoms with Gasteiger partial charge in [-0.2, -0.15) is 0 Å². The molecule has 0 radical (unpaired) electrons. The van der Waals surface area contributed by atoms with Crippen LogP contribution < -0.4 is 10.1 Å². The zero-order valence-corrected chi connectivity index (χ0v) is 15.1. The summed E-state index contributed by atoms with van der Waals surface area (Å²) in [5.74, 6) is -11.6. The van der Waals surface area contributed by atoms with Crippen molar-refractivity contribution in [3.8, 4) is 5.75 Å². The van der Waals surface area contributed by atoms with Gasteiger partial charge in [-0.1, -0.05) is 23.4 Å². The number of nitrogens with zero attached hydrogens (tertiary/aromatic N) is 1. The van der Waals surface area contributed by atoms with Crippen LogP contribution in [0.3, 0.4) is 0 Å². The van der Waals surface area contributed by atoms with Crippen LogP contribution in [0.25, 0.3) is 0 Å². The Morgan fingerprint density at radius 3 is 2.21 bits per heavy atom. The highest BCUT2D eigenvalue weighted by atomic mass is 19.2. The Hall–Kier alpha value is -3.43. The van der Waals surface area contributed by atoms with E-state index in [1.165, 1.54) is 6.92 Å². The molecule has 0 atom stereocenters. The maximum Gasteiger partial charge on any atom is 0.278 e. The molecule has 2 aromatic carbocycles. The van der Waals surface area contributed by atoms with Crippen molar-refractivity contribution in [1.82, 2.24) is 5.16 Å². The molecule has 1 amide bonds. The second-order valence-corrected chi connectivity index (χ2v) is 6.02. The summed E-state index contributed by atoms with van der Waals surface area (Å²) >= 11 is 0. The topological polar surface area (TPSA) is 64.4 Å². The minimum absolute atomic E-state index is 0.148. The molecule has 0 saturated heterocycles. The number of aromatic nitrogens is 1. The van der Waals surface area contributed by atoms with E-state index >= 15 is 0 Å². The van der Waals surface area contributed by atoms with Crippen molar-refractivity contribution < 1.29 is 36.0 Å². The Kier molecular flexibility index (Phi) is 5.53. The fourth-order valence-corrected chi connectivity index (χ4v) is 2.50. The zero-order valence-electron chi connectivity index (χ0n) is 15.1. The molecule has 0 aliphatic rings. The first-order valence-corrected chi connectivity index (χ1v) is 8.18. The third-order valence-corrected chi connectivity index (χ3v) is 4.11. The highest BCUT2D eigenvalue weighted by Crippen LogP contribution is 2.28. The predicted molar refractivity (Wildman–Crippen MR) is 90.9 cm³/mol. The number of halogens is 5. The van der Waals surface area contributed by atoms with Crippen LogP contribution in [0.4, 0.5) is 27.6 Å². The standard InChI is InChI=1S/C19H13F5N2O3/c1-8-5-3-4-6-11(8)28-7-10-9(2)29-26-17(10)19(27)25-18-15(23)13(21)12(20)14(22)16(18)24/h3-6H,7H2,1-2H3,(H,25,27). The van der Waals surface area contributed by atoms with Gasteiger partial charge in [-0.15, -0.1) is 0 Å². The van der Waals surface area contributed by atoms with Gasteiger partial charge in [-0.25, -0.2) is 22.0 Å². The lowest BCUT2D eigenvalue weighted by Gasteiger charge is -2.11. The molecule has 0 saturated carbocycles. The average Bonchev–Trinajstić information content (AvgIpc) is 3.08. The fraction of sp³-hybridized carbons (Fsp3) is 0.158. The summed E-state index contributed by atoms with van der Waals surface area (Å²) in [6, 6.07) is 7.02. The Labute approximate surface area is 161 Å². The highest BCUT2D eigenvalue weighted by molar-refractivity contribution is 6.04. The number of carbonyl (C=O) groups excluding carboxylic acids is 1.